The Balaban J connectivity index is 2.07. The molecule has 2 saturated carbocycles. The SMILES string of the molecule is COc1cc(C2(O)CC2)cc(Cl)c1C1CC1. The predicted molar refractivity (Wildman–Crippen MR) is 63.1 cm³/mol. The number of rotatable bonds is 3. The predicted octanol–water partition coefficient (Wildman–Crippen LogP) is 3.21. The molecule has 0 atom stereocenters. The third kappa shape index (κ3) is 1.61. The van der Waals surface area contributed by atoms with Gasteiger partial charge in [0.05, 0.1) is 12.7 Å². The van der Waals surface area contributed by atoms with Gasteiger partial charge in [0, 0.05) is 10.6 Å². The van der Waals surface area contributed by atoms with Gasteiger partial charge in [0.25, 0.3) is 0 Å². The van der Waals surface area contributed by atoms with Gasteiger partial charge in [0.2, 0.25) is 0 Å². The third-order valence-electron chi connectivity index (χ3n) is 3.56. The van der Waals surface area contributed by atoms with Gasteiger partial charge in [-0.05, 0) is 49.3 Å². The molecule has 0 spiro atoms. The summed E-state index contributed by atoms with van der Waals surface area (Å²) in [7, 11) is 1.66. The Morgan fingerprint density at radius 3 is 2.56 bits per heavy atom. The minimum absolute atomic E-state index is 0.561. The first-order chi connectivity index (χ1) is 7.64. The average molecular weight is 239 g/mol. The lowest BCUT2D eigenvalue weighted by atomic mass is 10.0. The van der Waals surface area contributed by atoms with Gasteiger partial charge in [-0.1, -0.05) is 11.6 Å². The molecule has 0 radical (unpaired) electrons. The van der Waals surface area contributed by atoms with E-state index in [4.69, 9.17) is 16.3 Å². The fourth-order valence-electron chi connectivity index (χ4n) is 2.21. The lowest BCUT2D eigenvalue weighted by Crippen LogP contribution is -2.05. The molecule has 0 bridgehead atoms. The van der Waals surface area contributed by atoms with Crippen LogP contribution in [0.5, 0.6) is 5.75 Å². The molecule has 1 N–H and O–H groups in total. The van der Waals surface area contributed by atoms with E-state index in [1.54, 1.807) is 7.11 Å². The number of hydrogen-bond acceptors (Lipinski definition) is 2. The van der Waals surface area contributed by atoms with Crippen molar-refractivity contribution in [2.75, 3.05) is 7.11 Å². The molecule has 0 aliphatic heterocycles. The van der Waals surface area contributed by atoms with Gasteiger partial charge in [-0.3, -0.25) is 0 Å². The van der Waals surface area contributed by atoms with Gasteiger partial charge >= 0.3 is 0 Å². The molecule has 0 heterocycles. The van der Waals surface area contributed by atoms with Gasteiger partial charge in [0.15, 0.2) is 0 Å². The second-order valence-electron chi connectivity index (χ2n) is 4.88. The van der Waals surface area contributed by atoms with E-state index in [-0.39, 0.29) is 0 Å². The minimum atomic E-state index is -0.640. The van der Waals surface area contributed by atoms with Crippen LogP contribution in [0.2, 0.25) is 5.02 Å². The molecule has 0 unspecified atom stereocenters. The van der Waals surface area contributed by atoms with Gasteiger partial charge in [-0.2, -0.15) is 0 Å². The van der Waals surface area contributed by atoms with Crippen LogP contribution in [0.4, 0.5) is 0 Å². The van der Waals surface area contributed by atoms with E-state index < -0.39 is 5.60 Å². The van der Waals surface area contributed by atoms with E-state index in [1.807, 2.05) is 12.1 Å². The van der Waals surface area contributed by atoms with Crippen molar-refractivity contribution in [2.45, 2.75) is 37.2 Å². The maximum absolute atomic E-state index is 10.1. The number of hydrogen-bond donors (Lipinski definition) is 1. The average Bonchev–Trinajstić information content (AvgIpc) is 3.13. The maximum atomic E-state index is 10.1. The van der Waals surface area contributed by atoms with Crippen LogP contribution in [0.25, 0.3) is 0 Å². The number of benzene rings is 1. The van der Waals surface area contributed by atoms with Gasteiger partial charge in [0.1, 0.15) is 5.75 Å². The highest BCUT2D eigenvalue weighted by molar-refractivity contribution is 6.31. The van der Waals surface area contributed by atoms with Crippen LogP contribution in [0.15, 0.2) is 12.1 Å². The molecular formula is C13H15ClO2. The standard InChI is InChI=1S/C13H15ClO2/c1-16-11-7-9(13(15)4-5-13)6-10(14)12(11)8-2-3-8/h6-8,15H,2-5H2,1H3. The molecule has 1 aromatic rings. The van der Waals surface area contributed by atoms with E-state index in [2.05, 4.69) is 0 Å². The minimum Gasteiger partial charge on any atom is -0.496 e. The Bertz CT molecular complexity index is 434. The van der Waals surface area contributed by atoms with Crippen LogP contribution in [0, 0.1) is 0 Å². The Morgan fingerprint density at radius 1 is 1.38 bits per heavy atom. The van der Waals surface area contributed by atoms with Crippen LogP contribution in [0.1, 0.15) is 42.7 Å². The Kier molecular flexibility index (Phi) is 2.20. The molecule has 86 valence electrons. The molecule has 2 aliphatic rings. The Hall–Kier alpha value is -0.730. The number of methoxy groups -OCH3 is 1. The highest BCUT2D eigenvalue weighted by Gasteiger charge is 2.43. The molecule has 1 aromatic carbocycles. The summed E-state index contributed by atoms with van der Waals surface area (Å²) in [5.74, 6) is 1.40. The first kappa shape index (κ1) is 10.4. The van der Waals surface area contributed by atoms with Crippen molar-refractivity contribution in [1.29, 1.82) is 0 Å². The molecular weight excluding hydrogens is 224 g/mol. The fourth-order valence-corrected chi connectivity index (χ4v) is 2.57. The zero-order chi connectivity index (χ0) is 11.3. The van der Waals surface area contributed by atoms with Crippen LogP contribution < -0.4 is 4.74 Å². The summed E-state index contributed by atoms with van der Waals surface area (Å²) in [6.07, 6.45) is 4.05. The van der Waals surface area contributed by atoms with Crippen molar-refractivity contribution < 1.29 is 9.84 Å². The molecule has 0 saturated heterocycles. The summed E-state index contributed by atoms with van der Waals surface area (Å²) in [5.41, 5.74) is 1.38. The van der Waals surface area contributed by atoms with E-state index in [0.29, 0.717) is 5.92 Å². The number of aliphatic hydroxyl groups is 1. The van der Waals surface area contributed by atoms with Gasteiger partial charge < -0.3 is 9.84 Å². The second kappa shape index (κ2) is 3.38. The summed E-state index contributed by atoms with van der Waals surface area (Å²) in [5, 5.41) is 10.8. The fraction of sp³-hybridized carbons (Fsp3) is 0.538. The largest absolute Gasteiger partial charge is 0.496 e. The van der Waals surface area contributed by atoms with Crippen molar-refractivity contribution in [3.63, 3.8) is 0 Å². The van der Waals surface area contributed by atoms with Crippen molar-refractivity contribution in [3.05, 3.63) is 28.3 Å². The highest BCUT2D eigenvalue weighted by Crippen LogP contribution is 2.52. The second-order valence-corrected chi connectivity index (χ2v) is 5.29. The maximum Gasteiger partial charge on any atom is 0.124 e. The molecule has 2 fully saturated rings. The molecule has 0 amide bonds. The molecule has 2 nitrogen and oxygen atoms in total. The summed E-state index contributed by atoms with van der Waals surface area (Å²) >= 11 is 6.29. The van der Waals surface area contributed by atoms with Crippen molar-refractivity contribution in [2.24, 2.45) is 0 Å². The summed E-state index contributed by atoms with van der Waals surface area (Å²) < 4.78 is 5.40. The van der Waals surface area contributed by atoms with Crippen LogP contribution in [-0.2, 0) is 5.60 Å². The molecule has 0 aromatic heterocycles. The van der Waals surface area contributed by atoms with Crippen molar-refractivity contribution in [1.82, 2.24) is 0 Å². The quantitative estimate of drug-likeness (QED) is 0.876. The first-order valence-electron chi connectivity index (χ1n) is 5.74. The molecule has 16 heavy (non-hydrogen) atoms. The zero-order valence-electron chi connectivity index (χ0n) is 9.29. The van der Waals surface area contributed by atoms with Crippen LogP contribution in [-0.4, -0.2) is 12.2 Å². The number of ether oxygens (including phenoxy) is 1. The van der Waals surface area contributed by atoms with Crippen LogP contribution in [0.3, 0.4) is 0 Å². The lowest BCUT2D eigenvalue weighted by molar-refractivity contribution is 0.151. The van der Waals surface area contributed by atoms with Crippen molar-refractivity contribution >= 4 is 11.6 Å². The molecule has 3 heteroatoms. The summed E-state index contributed by atoms with van der Waals surface area (Å²) in [4.78, 5) is 0. The molecule has 3 rings (SSSR count). The van der Waals surface area contributed by atoms with Crippen LogP contribution >= 0.6 is 11.6 Å². The molecule has 2 aliphatic carbocycles. The lowest BCUT2D eigenvalue weighted by Gasteiger charge is -2.15. The van der Waals surface area contributed by atoms with E-state index in [1.165, 1.54) is 12.8 Å². The summed E-state index contributed by atoms with van der Waals surface area (Å²) in [6.45, 7) is 0. The topological polar surface area (TPSA) is 29.5 Å². The van der Waals surface area contributed by atoms with Gasteiger partial charge in [-0.25, -0.2) is 0 Å². The Morgan fingerprint density at radius 2 is 2.06 bits per heavy atom. The van der Waals surface area contributed by atoms with Gasteiger partial charge in [-0.15, -0.1) is 0 Å². The number of halogens is 1. The van der Waals surface area contributed by atoms with E-state index >= 15 is 0 Å². The summed E-state index contributed by atoms with van der Waals surface area (Å²) in [6, 6.07) is 3.86. The van der Waals surface area contributed by atoms with E-state index in [0.717, 1.165) is 34.7 Å². The van der Waals surface area contributed by atoms with E-state index in [9.17, 15) is 5.11 Å². The Labute approximate surface area is 100 Å². The third-order valence-corrected chi connectivity index (χ3v) is 3.87. The van der Waals surface area contributed by atoms with Crippen molar-refractivity contribution in [3.8, 4) is 5.75 Å². The zero-order valence-corrected chi connectivity index (χ0v) is 10.0. The highest BCUT2D eigenvalue weighted by atomic mass is 35.5. The monoisotopic (exact) mass is 238 g/mol. The smallest absolute Gasteiger partial charge is 0.124 e. The first-order valence-corrected chi connectivity index (χ1v) is 6.12. The normalized spacial score (nSPS) is 21.9.